The third-order valence-corrected chi connectivity index (χ3v) is 2.80. The summed E-state index contributed by atoms with van der Waals surface area (Å²) in [6, 6.07) is 8.38. The second kappa shape index (κ2) is 4.90. The lowest BCUT2D eigenvalue weighted by molar-refractivity contribution is 0.366. The number of nitrogens with one attached hydrogen (secondary N) is 1. The number of phenols is 1. The van der Waals surface area contributed by atoms with Gasteiger partial charge in [-0.1, -0.05) is 0 Å². The van der Waals surface area contributed by atoms with Gasteiger partial charge >= 0.3 is 0 Å². The van der Waals surface area contributed by atoms with E-state index >= 15 is 0 Å². The third kappa shape index (κ3) is 2.12. The van der Waals surface area contributed by atoms with Crippen molar-refractivity contribution in [1.29, 1.82) is 5.26 Å². The van der Waals surface area contributed by atoms with Crippen molar-refractivity contribution in [3.05, 3.63) is 36.7 Å². The van der Waals surface area contributed by atoms with E-state index in [1.165, 1.54) is 6.07 Å². The van der Waals surface area contributed by atoms with Crippen LogP contribution in [0.4, 0.5) is 0 Å². The van der Waals surface area contributed by atoms with Crippen molar-refractivity contribution in [2.45, 2.75) is 0 Å². The molecular formula is C14H10N4O2. The lowest BCUT2D eigenvalue weighted by atomic mass is 10.2. The van der Waals surface area contributed by atoms with Crippen LogP contribution >= 0.6 is 0 Å². The van der Waals surface area contributed by atoms with E-state index in [1.54, 1.807) is 30.6 Å². The first-order valence-corrected chi connectivity index (χ1v) is 5.91. The minimum absolute atomic E-state index is 0.0690. The number of rotatable bonds is 3. The molecule has 0 fully saturated rings. The highest BCUT2D eigenvalue weighted by Crippen LogP contribution is 2.32. The van der Waals surface area contributed by atoms with Crippen LogP contribution in [0.15, 0.2) is 36.7 Å². The van der Waals surface area contributed by atoms with E-state index in [4.69, 9.17) is 10.00 Å². The second-order valence-electron chi connectivity index (χ2n) is 4.11. The van der Waals surface area contributed by atoms with Crippen LogP contribution in [0.25, 0.3) is 22.4 Å². The molecule has 2 aromatic heterocycles. The van der Waals surface area contributed by atoms with E-state index in [-0.39, 0.29) is 12.4 Å². The summed E-state index contributed by atoms with van der Waals surface area (Å²) in [7, 11) is 0. The average Bonchev–Trinajstić information content (AvgIpc) is 2.88. The first kappa shape index (κ1) is 12.0. The SMILES string of the molecule is N#CCOc1cc(O)ccc1-c1nc2ccncc2[nH]1. The Morgan fingerprint density at radius 1 is 1.35 bits per heavy atom. The molecule has 3 rings (SSSR count). The maximum atomic E-state index is 9.52. The first-order chi connectivity index (χ1) is 9.78. The molecule has 0 unspecified atom stereocenters. The summed E-state index contributed by atoms with van der Waals surface area (Å²) >= 11 is 0. The van der Waals surface area contributed by atoms with Gasteiger partial charge in [0.05, 0.1) is 22.8 Å². The number of benzene rings is 1. The molecule has 0 saturated heterocycles. The van der Waals surface area contributed by atoms with Crippen LogP contribution < -0.4 is 4.74 Å². The molecule has 6 nitrogen and oxygen atoms in total. The summed E-state index contributed by atoms with van der Waals surface area (Å²) in [6.45, 7) is -0.0990. The van der Waals surface area contributed by atoms with Crippen molar-refractivity contribution in [3.8, 4) is 29.0 Å². The van der Waals surface area contributed by atoms with Gasteiger partial charge in [0.1, 0.15) is 23.4 Å². The Labute approximate surface area is 114 Å². The van der Waals surface area contributed by atoms with Crippen LogP contribution in [0.1, 0.15) is 0 Å². The Bertz CT molecular complexity index is 771. The zero-order chi connectivity index (χ0) is 13.9. The van der Waals surface area contributed by atoms with E-state index in [9.17, 15) is 5.11 Å². The number of fused-ring (bicyclic) bond motifs is 1. The molecule has 0 bridgehead atoms. The molecular weight excluding hydrogens is 256 g/mol. The number of aromatic amines is 1. The maximum Gasteiger partial charge on any atom is 0.174 e. The molecule has 20 heavy (non-hydrogen) atoms. The number of imidazole rings is 1. The molecule has 0 spiro atoms. The van der Waals surface area contributed by atoms with E-state index in [1.807, 2.05) is 6.07 Å². The molecule has 0 radical (unpaired) electrons. The molecule has 2 heterocycles. The fourth-order valence-corrected chi connectivity index (χ4v) is 1.92. The molecule has 98 valence electrons. The number of aromatic hydroxyl groups is 1. The van der Waals surface area contributed by atoms with E-state index in [0.717, 1.165) is 11.0 Å². The van der Waals surface area contributed by atoms with Crippen LogP contribution in [0.5, 0.6) is 11.5 Å². The van der Waals surface area contributed by atoms with E-state index < -0.39 is 0 Å². The van der Waals surface area contributed by atoms with Crippen molar-refractivity contribution in [2.75, 3.05) is 6.61 Å². The number of pyridine rings is 1. The Hall–Kier alpha value is -3.07. The predicted molar refractivity (Wildman–Crippen MR) is 72.1 cm³/mol. The topological polar surface area (TPSA) is 94.8 Å². The van der Waals surface area contributed by atoms with Crippen molar-refractivity contribution in [3.63, 3.8) is 0 Å². The van der Waals surface area contributed by atoms with Crippen molar-refractivity contribution < 1.29 is 9.84 Å². The summed E-state index contributed by atoms with van der Waals surface area (Å²) in [6.07, 6.45) is 3.35. The Morgan fingerprint density at radius 3 is 3.05 bits per heavy atom. The Balaban J connectivity index is 2.10. The molecule has 0 atom stereocenters. The monoisotopic (exact) mass is 266 g/mol. The van der Waals surface area contributed by atoms with Crippen molar-refractivity contribution in [1.82, 2.24) is 15.0 Å². The highest BCUT2D eigenvalue weighted by atomic mass is 16.5. The maximum absolute atomic E-state index is 9.52. The van der Waals surface area contributed by atoms with Gasteiger partial charge in [0.15, 0.2) is 6.61 Å². The normalized spacial score (nSPS) is 10.3. The van der Waals surface area contributed by atoms with Crippen LogP contribution in [0.2, 0.25) is 0 Å². The molecule has 1 aromatic carbocycles. The highest BCUT2D eigenvalue weighted by Gasteiger charge is 2.12. The van der Waals surface area contributed by atoms with Gasteiger partial charge in [0.2, 0.25) is 0 Å². The van der Waals surface area contributed by atoms with Gasteiger partial charge in [-0.25, -0.2) is 4.98 Å². The van der Waals surface area contributed by atoms with Crippen LogP contribution in [0.3, 0.4) is 0 Å². The predicted octanol–water partition coefficient (Wildman–Crippen LogP) is 2.23. The second-order valence-corrected chi connectivity index (χ2v) is 4.11. The number of H-pyrrole nitrogens is 1. The van der Waals surface area contributed by atoms with Crippen LogP contribution in [-0.2, 0) is 0 Å². The van der Waals surface area contributed by atoms with Gasteiger partial charge in [-0.15, -0.1) is 0 Å². The van der Waals surface area contributed by atoms with Gasteiger partial charge in [-0.2, -0.15) is 5.26 Å². The largest absolute Gasteiger partial charge is 0.508 e. The number of nitriles is 1. The fourth-order valence-electron chi connectivity index (χ4n) is 1.92. The summed E-state index contributed by atoms with van der Waals surface area (Å²) in [5.74, 6) is 1.07. The number of aromatic nitrogens is 3. The average molecular weight is 266 g/mol. The van der Waals surface area contributed by atoms with Gasteiger partial charge in [-0.05, 0) is 18.2 Å². The molecule has 3 aromatic rings. The lowest BCUT2D eigenvalue weighted by Crippen LogP contribution is -1.96. The first-order valence-electron chi connectivity index (χ1n) is 5.91. The van der Waals surface area contributed by atoms with Gasteiger partial charge in [0, 0.05) is 12.3 Å². The number of hydrogen-bond donors (Lipinski definition) is 2. The summed E-state index contributed by atoms with van der Waals surface area (Å²) in [5.41, 5.74) is 2.27. The summed E-state index contributed by atoms with van der Waals surface area (Å²) in [5, 5.41) is 18.1. The van der Waals surface area contributed by atoms with Crippen LogP contribution in [-0.4, -0.2) is 26.7 Å². The van der Waals surface area contributed by atoms with Gasteiger partial charge < -0.3 is 14.8 Å². The minimum Gasteiger partial charge on any atom is -0.508 e. The molecule has 0 saturated carbocycles. The molecule has 0 aliphatic carbocycles. The quantitative estimate of drug-likeness (QED) is 0.758. The Kier molecular flexibility index (Phi) is 2.94. The van der Waals surface area contributed by atoms with Gasteiger partial charge in [-0.3, -0.25) is 4.98 Å². The zero-order valence-electron chi connectivity index (χ0n) is 10.4. The number of nitrogens with zero attached hydrogens (tertiary/aromatic N) is 3. The smallest absolute Gasteiger partial charge is 0.174 e. The van der Waals surface area contributed by atoms with Crippen LogP contribution in [0, 0.1) is 11.3 Å². The number of ether oxygens (including phenoxy) is 1. The molecule has 0 aliphatic rings. The zero-order valence-corrected chi connectivity index (χ0v) is 10.4. The lowest BCUT2D eigenvalue weighted by Gasteiger charge is -2.07. The van der Waals surface area contributed by atoms with Gasteiger partial charge in [0.25, 0.3) is 0 Å². The third-order valence-electron chi connectivity index (χ3n) is 2.80. The highest BCUT2D eigenvalue weighted by molar-refractivity contribution is 5.80. The molecule has 6 heteroatoms. The van der Waals surface area contributed by atoms with Crippen molar-refractivity contribution in [2.24, 2.45) is 0 Å². The molecule has 0 aliphatic heterocycles. The molecule has 0 amide bonds. The standard InChI is InChI=1S/C14H10N4O2/c15-4-6-20-13-7-9(19)1-2-10(13)14-17-11-3-5-16-8-12(11)18-14/h1-3,5,7-8,19H,6H2,(H,17,18). The van der Waals surface area contributed by atoms with E-state index in [2.05, 4.69) is 15.0 Å². The Morgan fingerprint density at radius 2 is 2.25 bits per heavy atom. The minimum atomic E-state index is -0.0990. The van der Waals surface area contributed by atoms with Crippen molar-refractivity contribution >= 4 is 11.0 Å². The summed E-state index contributed by atoms with van der Waals surface area (Å²) in [4.78, 5) is 11.6. The summed E-state index contributed by atoms with van der Waals surface area (Å²) < 4.78 is 5.32. The number of phenolic OH excluding ortho intramolecular Hbond substituents is 1. The fraction of sp³-hybridized carbons (Fsp3) is 0.0714. The molecule has 2 N–H and O–H groups in total. The van der Waals surface area contributed by atoms with E-state index in [0.29, 0.717) is 17.1 Å². The number of hydrogen-bond acceptors (Lipinski definition) is 5.